The molecule has 0 aromatic heterocycles. The monoisotopic (exact) mass is 210 g/mol. The maximum Gasteiger partial charge on any atom is 0.248 e. The van der Waals surface area contributed by atoms with Crippen molar-refractivity contribution < 1.29 is 4.79 Å². The Morgan fingerprint density at radius 2 is 2.29 bits per heavy atom. The van der Waals surface area contributed by atoms with Gasteiger partial charge in [-0.05, 0) is 13.0 Å². The van der Waals surface area contributed by atoms with Crippen molar-refractivity contribution in [2.24, 2.45) is 5.73 Å². The second kappa shape index (κ2) is 3.26. The molecule has 1 amide bonds. The van der Waals surface area contributed by atoms with Gasteiger partial charge < -0.3 is 10.6 Å². The number of halogens is 1. The molecule has 0 spiro atoms. The predicted octanol–water partition coefficient (Wildman–Crippen LogP) is 1.71. The highest BCUT2D eigenvalue weighted by Crippen LogP contribution is 2.39. The van der Waals surface area contributed by atoms with Crippen LogP contribution in [0.5, 0.6) is 0 Å². The number of fused-ring (bicyclic) bond motifs is 1. The minimum atomic E-state index is -0.552. The second-order valence-corrected chi connectivity index (χ2v) is 3.65. The summed E-state index contributed by atoms with van der Waals surface area (Å²) in [7, 11) is 0. The quantitative estimate of drug-likeness (QED) is 0.767. The molecule has 1 aliphatic rings. The van der Waals surface area contributed by atoms with Gasteiger partial charge in [-0.1, -0.05) is 23.7 Å². The lowest BCUT2D eigenvalue weighted by Gasteiger charge is -2.15. The van der Waals surface area contributed by atoms with Crippen LogP contribution in [-0.2, 0) is 4.79 Å². The molecular weight excluding hydrogens is 200 g/mol. The average molecular weight is 211 g/mol. The summed E-state index contributed by atoms with van der Waals surface area (Å²) in [5.74, 6) is -0.0735. The third-order valence-corrected chi connectivity index (χ3v) is 2.78. The summed E-state index contributed by atoms with van der Waals surface area (Å²) in [6.45, 7) is 2.51. The zero-order valence-electron chi connectivity index (χ0n) is 7.83. The van der Waals surface area contributed by atoms with Gasteiger partial charge in [0.25, 0.3) is 0 Å². The van der Waals surface area contributed by atoms with E-state index in [4.69, 9.17) is 17.3 Å². The number of carbonyl (C=O) groups excluding carboxylic acids is 1. The minimum Gasteiger partial charge on any atom is -0.316 e. The standard InChI is InChI=1S/C10H11ClN2O/c1-2-13-9-6(8(12)10(13)14)4-3-5-7(9)11/h3-5,8H,2,12H2,1H3. The maximum atomic E-state index is 11.7. The SMILES string of the molecule is CCN1C(=O)C(N)c2cccc(Cl)c21. The van der Waals surface area contributed by atoms with E-state index >= 15 is 0 Å². The molecule has 74 valence electrons. The molecule has 1 heterocycles. The van der Waals surface area contributed by atoms with Gasteiger partial charge in [-0.15, -0.1) is 0 Å². The van der Waals surface area contributed by atoms with Gasteiger partial charge in [0, 0.05) is 12.1 Å². The van der Waals surface area contributed by atoms with Crippen LogP contribution in [0, 0.1) is 0 Å². The second-order valence-electron chi connectivity index (χ2n) is 3.24. The van der Waals surface area contributed by atoms with Crippen molar-refractivity contribution in [2.45, 2.75) is 13.0 Å². The van der Waals surface area contributed by atoms with Crippen LogP contribution < -0.4 is 10.6 Å². The molecular formula is C10H11ClN2O. The van der Waals surface area contributed by atoms with Crippen molar-refractivity contribution >= 4 is 23.2 Å². The van der Waals surface area contributed by atoms with E-state index in [0.717, 1.165) is 11.3 Å². The first-order valence-corrected chi connectivity index (χ1v) is 4.90. The molecule has 0 aliphatic carbocycles. The van der Waals surface area contributed by atoms with E-state index in [9.17, 15) is 4.79 Å². The van der Waals surface area contributed by atoms with Crippen molar-refractivity contribution in [1.82, 2.24) is 0 Å². The normalized spacial score (nSPS) is 20.1. The first-order chi connectivity index (χ1) is 6.66. The minimum absolute atomic E-state index is 0.0735. The van der Waals surface area contributed by atoms with Gasteiger partial charge in [0.1, 0.15) is 6.04 Å². The molecule has 1 aromatic carbocycles. The van der Waals surface area contributed by atoms with Crippen LogP contribution in [0.1, 0.15) is 18.5 Å². The Hall–Kier alpha value is -1.06. The molecule has 2 rings (SSSR count). The first-order valence-electron chi connectivity index (χ1n) is 4.52. The number of carbonyl (C=O) groups is 1. The van der Waals surface area contributed by atoms with E-state index in [1.807, 2.05) is 19.1 Å². The molecule has 0 bridgehead atoms. The molecule has 1 unspecified atom stereocenters. The largest absolute Gasteiger partial charge is 0.316 e. The number of para-hydroxylation sites is 1. The van der Waals surface area contributed by atoms with Gasteiger partial charge in [0.2, 0.25) is 5.91 Å². The van der Waals surface area contributed by atoms with Gasteiger partial charge in [-0.25, -0.2) is 0 Å². The number of likely N-dealkylation sites (N-methyl/N-ethyl adjacent to an activating group) is 1. The van der Waals surface area contributed by atoms with E-state index in [2.05, 4.69) is 0 Å². The van der Waals surface area contributed by atoms with Gasteiger partial charge >= 0.3 is 0 Å². The number of hydrogen-bond donors (Lipinski definition) is 1. The molecule has 1 aliphatic heterocycles. The Morgan fingerprint density at radius 3 is 2.93 bits per heavy atom. The molecule has 1 atom stereocenters. The third kappa shape index (κ3) is 1.13. The third-order valence-electron chi connectivity index (χ3n) is 2.47. The fourth-order valence-corrected chi connectivity index (χ4v) is 2.08. The van der Waals surface area contributed by atoms with Crippen LogP contribution in [0.15, 0.2) is 18.2 Å². The Balaban J connectivity index is 2.62. The van der Waals surface area contributed by atoms with Gasteiger partial charge in [0.15, 0.2) is 0 Å². The lowest BCUT2D eigenvalue weighted by Crippen LogP contribution is -2.31. The summed E-state index contributed by atoms with van der Waals surface area (Å²) in [5, 5.41) is 0.589. The van der Waals surface area contributed by atoms with E-state index in [-0.39, 0.29) is 5.91 Å². The molecule has 1 aromatic rings. The number of nitrogens with two attached hydrogens (primary N) is 1. The van der Waals surface area contributed by atoms with Crippen LogP contribution in [0.2, 0.25) is 5.02 Å². The zero-order chi connectivity index (χ0) is 10.3. The lowest BCUT2D eigenvalue weighted by atomic mass is 10.1. The van der Waals surface area contributed by atoms with Crippen LogP contribution in [-0.4, -0.2) is 12.5 Å². The van der Waals surface area contributed by atoms with Crippen molar-refractivity contribution in [1.29, 1.82) is 0 Å². The van der Waals surface area contributed by atoms with Gasteiger partial charge in [-0.3, -0.25) is 4.79 Å². The van der Waals surface area contributed by atoms with Crippen LogP contribution in [0.4, 0.5) is 5.69 Å². The Kier molecular flexibility index (Phi) is 2.21. The first kappa shape index (κ1) is 9.49. The maximum absolute atomic E-state index is 11.7. The molecule has 14 heavy (non-hydrogen) atoms. The summed E-state index contributed by atoms with van der Waals surface area (Å²) >= 11 is 6.02. The number of rotatable bonds is 1. The van der Waals surface area contributed by atoms with Crippen LogP contribution in [0.3, 0.4) is 0 Å². The fourth-order valence-electron chi connectivity index (χ4n) is 1.79. The van der Waals surface area contributed by atoms with E-state index in [1.54, 1.807) is 11.0 Å². The average Bonchev–Trinajstić information content (AvgIpc) is 2.43. The van der Waals surface area contributed by atoms with E-state index in [0.29, 0.717) is 11.6 Å². The van der Waals surface area contributed by atoms with Crippen molar-refractivity contribution in [3.05, 3.63) is 28.8 Å². The summed E-state index contributed by atoms with van der Waals surface area (Å²) in [4.78, 5) is 13.3. The van der Waals surface area contributed by atoms with E-state index in [1.165, 1.54) is 0 Å². The predicted molar refractivity (Wildman–Crippen MR) is 56.4 cm³/mol. The summed E-state index contributed by atoms with van der Waals surface area (Å²) in [6.07, 6.45) is 0. The zero-order valence-corrected chi connectivity index (χ0v) is 8.58. The highest BCUT2D eigenvalue weighted by Gasteiger charge is 2.34. The molecule has 0 saturated carbocycles. The fraction of sp³-hybridized carbons (Fsp3) is 0.300. The van der Waals surface area contributed by atoms with Crippen molar-refractivity contribution in [3.8, 4) is 0 Å². The Labute approximate surface area is 87.4 Å². The number of nitrogens with zero attached hydrogens (tertiary/aromatic N) is 1. The Bertz CT molecular complexity index is 392. The van der Waals surface area contributed by atoms with Gasteiger partial charge in [0.05, 0.1) is 10.7 Å². The number of anilines is 1. The topological polar surface area (TPSA) is 46.3 Å². The van der Waals surface area contributed by atoms with Crippen molar-refractivity contribution in [3.63, 3.8) is 0 Å². The van der Waals surface area contributed by atoms with Gasteiger partial charge in [-0.2, -0.15) is 0 Å². The van der Waals surface area contributed by atoms with Crippen molar-refractivity contribution in [2.75, 3.05) is 11.4 Å². The van der Waals surface area contributed by atoms with Crippen LogP contribution in [0.25, 0.3) is 0 Å². The summed E-state index contributed by atoms with van der Waals surface area (Å²) < 4.78 is 0. The number of benzene rings is 1. The Morgan fingerprint density at radius 1 is 1.57 bits per heavy atom. The number of hydrogen-bond acceptors (Lipinski definition) is 2. The molecule has 0 radical (unpaired) electrons. The molecule has 2 N–H and O–H groups in total. The molecule has 0 fully saturated rings. The summed E-state index contributed by atoms with van der Waals surface area (Å²) in [5.41, 5.74) is 7.37. The smallest absolute Gasteiger partial charge is 0.248 e. The lowest BCUT2D eigenvalue weighted by molar-refractivity contribution is -0.119. The van der Waals surface area contributed by atoms with Crippen LogP contribution >= 0.6 is 11.6 Å². The highest BCUT2D eigenvalue weighted by molar-refractivity contribution is 6.34. The molecule has 0 saturated heterocycles. The molecule has 3 nitrogen and oxygen atoms in total. The molecule has 4 heteroatoms. The number of amides is 1. The highest BCUT2D eigenvalue weighted by atomic mass is 35.5. The summed E-state index contributed by atoms with van der Waals surface area (Å²) in [6, 6.07) is 4.88. The van der Waals surface area contributed by atoms with E-state index < -0.39 is 6.04 Å².